The summed E-state index contributed by atoms with van der Waals surface area (Å²) >= 11 is 0. The summed E-state index contributed by atoms with van der Waals surface area (Å²) in [4.78, 5) is 0. The van der Waals surface area contributed by atoms with Crippen molar-refractivity contribution in [3.8, 4) is 46.0 Å². The Balaban J connectivity index is 0.000000687. The van der Waals surface area contributed by atoms with Crippen LogP contribution in [0.25, 0.3) is 48.6 Å². The minimum atomic E-state index is 0.747. The average Bonchev–Trinajstić information content (AvgIpc) is 0.928. The standard InChI is InChI=1S/C17H26O.C15H22O2.C15H22O.C14H20O.C13H18O2.C13H18O.C12H16O.C11H14O/c1-3-5-6-7-8-9-10-15-18-17-13-11-16(4-2)12-14-17;1-3-14-9-8-10-15(13-14)17-12-7-5-4-6-11-16-2;1-3-5-6-7-8-13-16-15-11-9-14(4-2)10-12-15;1-3-5-6-7-11-15-14-10-8-9-13(4-2)12-14;1-3-12-6-8-13(9-7-12)15-11-5-4-10-14-2;1-3-5-6-11-14-13-9-7-12(4-2)8-10-13;1-3-5-10-13-12-8-6-11(4-2)7-9-12;1-3-9-12-11-7-5-10(4-2)6-8-11/h4,11-14H,2-3,5-10,15H2,1H3;3,8-10,13H,1,4-7,11-12H2,2H3;4,9-12H,2-3,5-8,13H2,1H3;4,8-10,12H,2-3,5-7,11H2,1H3;3,6-9H,1,4-5,10-11H2,2H3;4,7-10H,2-3,5-6,11H2,1H3;4,6-9H,2-3,5,10H2,1H3;4-8H,2-3,9H2,1H3. The van der Waals surface area contributed by atoms with Crippen molar-refractivity contribution in [2.45, 2.75) is 221 Å². The van der Waals surface area contributed by atoms with Crippen LogP contribution in [0.3, 0.4) is 0 Å². The molecule has 0 aromatic heterocycles. The fourth-order valence-electron chi connectivity index (χ4n) is 11.1. The fourth-order valence-corrected chi connectivity index (χ4v) is 11.1. The van der Waals surface area contributed by atoms with E-state index < -0.39 is 0 Å². The molecule has 0 aliphatic rings. The van der Waals surface area contributed by atoms with E-state index in [2.05, 4.69) is 94.2 Å². The molecule has 0 aliphatic heterocycles. The second-order valence-corrected chi connectivity index (χ2v) is 28.7. The highest BCUT2D eigenvalue weighted by Crippen LogP contribution is 2.22. The van der Waals surface area contributed by atoms with Gasteiger partial charge in [-0.2, -0.15) is 0 Å². The number of hydrogen-bond donors (Lipinski definition) is 0. The van der Waals surface area contributed by atoms with Crippen LogP contribution in [0.4, 0.5) is 0 Å². The van der Waals surface area contributed by atoms with Gasteiger partial charge in [-0.25, -0.2) is 0 Å². The van der Waals surface area contributed by atoms with Crippen molar-refractivity contribution >= 4 is 48.6 Å². The molecular weight excluding hydrogens is 1480 g/mol. The topological polar surface area (TPSA) is 92.3 Å². The van der Waals surface area contributed by atoms with Gasteiger partial charge < -0.3 is 47.4 Å². The molecule has 8 rings (SSSR count). The van der Waals surface area contributed by atoms with E-state index in [1.165, 1.54) is 116 Å². The number of hydrogen-bond acceptors (Lipinski definition) is 10. The first kappa shape index (κ1) is 108. The Kier molecular flexibility index (Phi) is 72.1. The lowest BCUT2D eigenvalue weighted by molar-refractivity contribution is 0.184. The maximum absolute atomic E-state index is 5.70. The van der Waals surface area contributed by atoms with Crippen LogP contribution >= 0.6 is 0 Å². The molecule has 8 aromatic rings. The molecule has 0 atom stereocenters. The van der Waals surface area contributed by atoms with Crippen LogP contribution in [0, 0.1) is 0 Å². The molecule has 0 amide bonds. The van der Waals surface area contributed by atoms with Crippen molar-refractivity contribution in [3.63, 3.8) is 0 Å². The summed E-state index contributed by atoms with van der Waals surface area (Å²) in [6.07, 6.45) is 49.0. The van der Waals surface area contributed by atoms with Gasteiger partial charge in [0.1, 0.15) is 46.0 Å². The molecule has 0 heterocycles. The molecule has 0 radical (unpaired) electrons. The maximum Gasteiger partial charge on any atom is 0.119 e. The molecule has 656 valence electrons. The van der Waals surface area contributed by atoms with Crippen molar-refractivity contribution in [3.05, 3.63) is 291 Å². The van der Waals surface area contributed by atoms with Gasteiger partial charge in [-0.15, -0.1) is 0 Å². The number of rotatable bonds is 56. The monoisotopic (exact) mass is 1640 g/mol. The third-order valence-corrected chi connectivity index (χ3v) is 18.5. The van der Waals surface area contributed by atoms with Crippen LogP contribution < -0.4 is 37.9 Å². The van der Waals surface area contributed by atoms with Crippen LogP contribution in [0.2, 0.25) is 0 Å². The highest BCUT2D eigenvalue weighted by Gasteiger charge is 2.02. The Morgan fingerprint density at radius 1 is 0.175 bits per heavy atom. The summed E-state index contributed by atoms with van der Waals surface area (Å²) in [5.74, 6) is 7.54. The molecular formula is C110H156O10. The number of benzene rings is 8. The van der Waals surface area contributed by atoms with Crippen molar-refractivity contribution in [2.24, 2.45) is 0 Å². The molecule has 0 bridgehead atoms. The van der Waals surface area contributed by atoms with Gasteiger partial charge in [0.2, 0.25) is 0 Å². The quantitative estimate of drug-likeness (QED) is 0.0343. The van der Waals surface area contributed by atoms with Crippen LogP contribution in [0.5, 0.6) is 46.0 Å². The van der Waals surface area contributed by atoms with E-state index in [9.17, 15) is 0 Å². The molecule has 0 spiro atoms. The molecule has 0 aliphatic carbocycles. The molecule has 0 saturated heterocycles. The third-order valence-electron chi connectivity index (χ3n) is 18.5. The summed E-state index contributed by atoms with van der Waals surface area (Å²) in [6.45, 7) is 51.0. The lowest BCUT2D eigenvalue weighted by Gasteiger charge is -2.06. The van der Waals surface area contributed by atoms with E-state index in [1.807, 2.05) is 243 Å². The van der Waals surface area contributed by atoms with Crippen LogP contribution in [-0.2, 0) is 9.47 Å². The van der Waals surface area contributed by atoms with Gasteiger partial charge in [0.15, 0.2) is 0 Å². The second kappa shape index (κ2) is 80.1. The predicted molar refractivity (Wildman–Crippen MR) is 523 cm³/mol. The molecule has 0 N–H and O–H groups in total. The first-order chi connectivity index (χ1) is 58.9. The molecule has 10 nitrogen and oxygen atoms in total. The second-order valence-electron chi connectivity index (χ2n) is 28.7. The largest absolute Gasteiger partial charge is 0.494 e. The minimum absolute atomic E-state index is 0.747. The highest BCUT2D eigenvalue weighted by molar-refractivity contribution is 5.53. The normalized spacial score (nSPS) is 9.93. The molecule has 10 heteroatoms. The zero-order valence-electron chi connectivity index (χ0n) is 75.7. The average molecular weight is 1640 g/mol. The van der Waals surface area contributed by atoms with Crippen LogP contribution in [0.1, 0.15) is 266 Å². The van der Waals surface area contributed by atoms with Crippen molar-refractivity contribution < 1.29 is 47.4 Å². The van der Waals surface area contributed by atoms with Gasteiger partial charge in [-0.1, -0.05) is 349 Å². The zero-order valence-corrected chi connectivity index (χ0v) is 75.7. The van der Waals surface area contributed by atoms with Crippen molar-refractivity contribution in [1.82, 2.24) is 0 Å². The predicted octanol–water partition coefficient (Wildman–Crippen LogP) is 32.0. The number of methoxy groups -OCH3 is 2. The van der Waals surface area contributed by atoms with E-state index in [4.69, 9.17) is 47.4 Å². The molecule has 0 fully saturated rings. The first-order valence-corrected chi connectivity index (χ1v) is 44.7. The lowest BCUT2D eigenvalue weighted by atomic mass is 10.1. The number of ether oxygens (including phenoxy) is 10. The zero-order chi connectivity index (χ0) is 87.5. The van der Waals surface area contributed by atoms with Gasteiger partial charge in [-0.3, -0.25) is 0 Å². The Morgan fingerprint density at radius 2 is 0.358 bits per heavy atom. The molecule has 0 saturated carbocycles. The van der Waals surface area contributed by atoms with Crippen LogP contribution in [-0.4, -0.2) is 80.3 Å². The Hall–Kier alpha value is -10.0. The minimum Gasteiger partial charge on any atom is -0.494 e. The van der Waals surface area contributed by atoms with E-state index in [0.717, 1.165) is 221 Å². The van der Waals surface area contributed by atoms with Gasteiger partial charge >= 0.3 is 0 Å². The summed E-state index contributed by atoms with van der Waals surface area (Å²) in [6, 6.07) is 64.0. The van der Waals surface area contributed by atoms with E-state index in [0.29, 0.717) is 0 Å². The fraction of sp³-hybridized carbons (Fsp3) is 0.418. The Bertz CT molecular complexity index is 3710. The highest BCUT2D eigenvalue weighted by atomic mass is 16.5. The summed E-state index contributed by atoms with van der Waals surface area (Å²) in [5.41, 5.74) is 8.98. The summed E-state index contributed by atoms with van der Waals surface area (Å²) < 4.78 is 54.7. The smallest absolute Gasteiger partial charge is 0.119 e. The first-order valence-electron chi connectivity index (χ1n) is 44.7. The van der Waals surface area contributed by atoms with Crippen LogP contribution in [0.15, 0.2) is 247 Å². The summed E-state index contributed by atoms with van der Waals surface area (Å²) in [5, 5.41) is 0. The molecule has 0 unspecified atom stereocenters. The van der Waals surface area contributed by atoms with Gasteiger partial charge in [0.25, 0.3) is 0 Å². The van der Waals surface area contributed by atoms with E-state index in [1.54, 1.807) is 14.2 Å². The van der Waals surface area contributed by atoms with Crippen molar-refractivity contribution in [2.75, 3.05) is 80.3 Å². The van der Waals surface area contributed by atoms with Gasteiger partial charge in [0.05, 0.1) is 52.9 Å². The SMILES string of the molecule is C=Cc1ccc(OCCC)cc1.C=Cc1ccc(OCCCC)cc1.C=Cc1ccc(OCCCCC)cc1.C=Cc1ccc(OCCCCCCC)cc1.C=Cc1ccc(OCCCCCCCCC)cc1.C=Cc1ccc(OCCCCOC)cc1.C=Cc1cccc(OCCCCCC)c1.C=Cc1cccc(OCCCCCCOC)c1. The summed E-state index contributed by atoms with van der Waals surface area (Å²) in [7, 11) is 3.46. The Labute approximate surface area is 730 Å². The molecule has 120 heavy (non-hydrogen) atoms. The third kappa shape index (κ3) is 61.3. The van der Waals surface area contributed by atoms with E-state index >= 15 is 0 Å². The van der Waals surface area contributed by atoms with E-state index in [-0.39, 0.29) is 0 Å². The van der Waals surface area contributed by atoms with Gasteiger partial charge in [0, 0.05) is 27.4 Å². The molecule has 8 aromatic carbocycles. The Morgan fingerprint density at radius 3 is 0.600 bits per heavy atom. The number of unbranched alkanes of at least 4 members (excludes halogenated alkanes) is 20. The van der Waals surface area contributed by atoms with Crippen molar-refractivity contribution in [1.29, 1.82) is 0 Å². The lowest BCUT2D eigenvalue weighted by Crippen LogP contribution is -1.99. The van der Waals surface area contributed by atoms with Gasteiger partial charge in [-0.05, 0) is 212 Å². The maximum atomic E-state index is 5.70.